The number of nitrogen functional groups attached to an aromatic ring is 1. The van der Waals surface area contributed by atoms with E-state index < -0.39 is 5.97 Å². The lowest BCUT2D eigenvalue weighted by molar-refractivity contribution is -0.131. The zero-order chi connectivity index (χ0) is 11.8. The van der Waals surface area contributed by atoms with Crippen LogP contribution in [0.2, 0.25) is 5.02 Å². The third-order valence-corrected chi connectivity index (χ3v) is 1.47. The quantitative estimate of drug-likeness (QED) is 0.506. The Morgan fingerprint density at radius 1 is 1.40 bits per heavy atom. The van der Waals surface area contributed by atoms with Crippen molar-refractivity contribution < 1.29 is 9.90 Å². The fourth-order valence-electron chi connectivity index (χ4n) is 0.658. The van der Waals surface area contributed by atoms with Gasteiger partial charge < -0.3 is 16.6 Å². The van der Waals surface area contributed by atoms with Gasteiger partial charge in [0, 0.05) is 22.5 Å². The number of carboxylic acids is 1. The maximum Gasteiger partial charge on any atom is 0.330 e. The average Bonchev–Trinajstić information content (AvgIpc) is 2.09. The molecule has 5 N–H and O–H groups in total. The molecule has 15 heavy (non-hydrogen) atoms. The van der Waals surface area contributed by atoms with Crippen molar-refractivity contribution in [3.63, 3.8) is 0 Å². The monoisotopic (exact) mass is 228 g/mol. The molecule has 0 bridgehead atoms. The largest absolute Gasteiger partial charge is 0.478 e. The highest BCUT2D eigenvalue weighted by atomic mass is 35.5. The molecule has 1 aromatic carbocycles. The van der Waals surface area contributed by atoms with Gasteiger partial charge in [0.25, 0.3) is 0 Å². The second-order valence-corrected chi connectivity index (χ2v) is 3.21. The Labute approximate surface area is 93.1 Å². The van der Waals surface area contributed by atoms with Crippen LogP contribution in [-0.4, -0.2) is 11.1 Å². The summed E-state index contributed by atoms with van der Waals surface area (Å²) in [7, 11) is 0. The molecule has 0 amide bonds. The van der Waals surface area contributed by atoms with Gasteiger partial charge >= 0.3 is 5.97 Å². The van der Waals surface area contributed by atoms with Gasteiger partial charge in [-0.05, 0) is 31.2 Å². The SMILES string of the molecule is CC(N)=CC(=O)O.Nc1ccc(Cl)cc1. The number of hydrogen-bond acceptors (Lipinski definition) is 3. The van der Waals surface area contributed by atoms with E-state index in [1.54, 1.807) is 24.3 Å². The van der Waals surface area contributed by atoms with Gasteiger partial charge in [0.1, 0.15) is 0 Å². The molecule has 1 rings (SSSR count). The lowest BCUT2D eigenvalue weighted by atomic mass is 10.3. The van der Waals surface area contributed by atoms with E-state index in [0.29, 0.717) is 5.70 Å². The third kappa shape index (κ3) is 8.64. The molecule has 0 atom stereocenters. The molecule has 1 aromatic rings. The first-order valence-corrected chi connectivity index (χ1v) is 4.47. The van der Waals surface area contributed by atoms with Crippen LogP contribution in [0.25, 0.3) is 0 Å². The molecule has 82 valence electrons. The lowest BCUT2D eigenvalue weighted by Crippen LogP contribution is -1.96. The highest BCUT2D eigenvalue weighted by Crippen LogP contribution is 2.09. The van der Waals surface area contributed by atoms with Crippen LogP contribution in [0.15, 0.2) is 36.0 Å². The molecule has 0 heterocycles. The first kappa shape index (κ1) is 13.3. The standard InChI is InChI=1S/C6H6ClN.C4H7NO2/c7-5-1-3-6(8)4-2-5;1-3(5)2-4(6)7/h1-4H,8H2;2H,5H2,1H3,(H,6,7). The van der Waals surface area contributed by atoms with Gasteiger partial charge in [-0.15, -0.1) is 0 Å². The number of rotatable bonds is 1. The average molecular weight is 229 g/mol. The summed E-state index contributed by atoms with van der Waals surface area (Å²) in [5.74, 6) is -1.000. The number of benzene rings is 1. The summed E-state index contributed by atoms with van der Waals surface area (Å²) in [4.78, 5) is 9.65. The van der Waals surface area contributed by atoms with Gasteiger partial charge in [-0.25, -0.2) is 4.79 Å². The second-order valence-electron chi connectivity index (χ2n) is 2.78. The van der Waals surface area contributed by atoms with Crippen molar-refractivity contribution >= 4 is 23.3 Å². The van der Waals surface area contributed by atoms with Crippen molar-refractivity contribution in [2.75, 3.05) is 5.73 Å². The normalized spacial score (nSPS) is 10.1. The van der Waals surface area contributed by atoms with E-state index in [1.807, 2.05) is 0 Å². The Morgan fingerprint density at radius 2 is 1.87 bits per heavy atom. The molecule has 4 nitrogen and oxygen atoms in total. The van der Waals surface area contributed by atoms with E-state index in [0.717, 1.165) is 16.8 Å². The first-order valence-electron chi connectivity index (χ1n) is 4.09. The van der Waals surface area contributed by atoms with E-state index in [1.165, 1.54) is 6.92 Å². The third-order valence-electron chi connectivity index (χ3n) is 1.22. The molecule has 0 radical (unpaired) electrons. The molecule has 0 saturated heterocycles. The molecule has 0 spiro atoms. The number of carboxylic acid groups (broad SMARTS) is 1. The maximum atomic E-state index is 9.65. The molecule has 0 aliphatic rings. The molecule has 0 aliphatic heterocycles. The predicted octanol–water partition coefficient (Wildman–Crippen LogP) is 1.86. The number of hydrogen-bond donors (Lipinski definition) is 3. The zero-order valence-corrected chi connectivity index (χ0v) is 9.03. The molecule has 0 saturated carbocycles. The number of allylic oxidation sites excluding steroid dienone is 1. The van der Waals surface area contributed by atoms with Crippen molar-refractivity contribution in [2.45, 2.75) is 6.92 Å². The second kappa shape index (κ2) is 6.73. The van der Waals surface area contributed by atoms with Crippen LogP contribution in [-0.2, 0) is 4.79 Å². The Hall–Kier alpha value is -1.68. The van der Waals surface area contributed by atoms with E-state index in [9.17, 15) is 4.79 Å². The fraction of sp³-hybridized carbons (Fsp3) is 0.100. The van der Waals surface area contributed by atoms with Crippen molar-refractivity contribution in [2.24, 2.45) is 5.73 Å². The lowest BCUT2D eigenvalue weighted by Gasteiger charge is -1.88. The van der Waals surface area contributed by atoms with Crippen molar-refractivity contribution in [3.8, 4) is 0 Å². The predicted molar refractivity (Wildman–Crippen MR) is 61.4 cm³/mol. The number of aliphatic carboxylic acids is 1. The van der Waals surface area contributed by atoms with Crippen LogP contribution in [0.4, 0.5) is 5.69 Å². The van der Waals surface area contributed by atoms with E-state index in [4.69, 9.17) is 28.2 Å². The van der Waals surface area contributed by atoms with Crippen LogP contribution < -0.4 is 11.5 Å². The van der Waals surface area contributed by atoms with Gasteiger partial charge in [-0.2, -0.15) is 0 Å². The Kier molecular flexibility index (Phi) is 5.97. The van der Waals surface area contributed by atoms with Crippen LogP contribution in [0.1, 0.15) is 6.92 Å². The summed E-state index contributed by atoms with van der Waals surface area (Å²) < 4.78 is 0. The number of carbonyl (C=O) groups is 1. The van der Waals surface area contributed by atoms with Crippen LogP contribution in [0, 0.1) is 0 Å². The summed E-state index contributed by atoms with van der Waals surface area (Å²) >= 11 is 5.56. The maximum absolute atomic E-state index is 9.65. The van der Waals surface area contributed by atoms with E-state index in [2.05, 4.69) is 0 Å². The smallest absolute Gasteiger partial charge is 0.330 e. The minimum atomic E-state index is -1.000. The number of nitrogens with two attached hydrogens (primary N) is 2. The summed E-state index contributed by atoms with van der Waals surface area (Å²) in [6.45, 7) is 1.52. The summed E-state index contributed by atoms with van der Waals surface area (Å²) in [6, 6.07) is 7.05. The topological polar surface area (TPSA) is 89.3 Å². The zero-order valence-electron chi connectivity index (χ0n) is 8.27. The number of anilines is 1. The van der Waals surface area contributed by atoms with Crippen LogP contribution in [0.3, 0.4) is 0 Å². The first-order chi connectivity index (χ1) is 6.91. The molecular formula is C10H13ClN2O2. The van der Waals surface area contributed by atoms with Crippen LogP contribution in [0.5, 0.6) is 0 Å². The summed E-state index contributed by atoms with van der Waals surface area (Å²) in [5.41, 5.74) is 11.4. The molecule has 0 fully saturated rings. The Balaban J connectivity index is 0.000000265. The van der Waals surface area contributed by atoms with Gasteiger partial charge in [0.05, 0.1) is 0 Å². The van der Waals surface area contributed by atoms with Gasteiger partial charge in [-0.3, -0.25) is 0 Å². The number of halogens is 1. The van der Waals surface area contributed by atoms with Gasteiger partial charge in [0.2, 0.25) is 0 Å². The molecule has 5 heteroatoms. The summed E-state index contributed by atoms with van der Waals surface area (Å²) in [6.07, 6.45) is 0.944. The summed E-state index contributed by atoms with van der Waals surface area (Å²) in [5, 5.41) is 8.65. The van der Waals surface area contributed by atoms with Crippen molar-refractivity contribution in [3.05, 3.63) is 41.1 Å². The van der Waals surface area contributed by atoms with Crippen molar-refractivity contribution in [1.82, 2.24) is 0 Å². The van der Waals surface area contributed by atoms with Gasteiger partial charge in [0.15, 0.2) is 0 Å². The minimum Gasteiger partial charge on any atom is -0.478 e. The Morgan fingerprint density at radius 3 is 2.07 bits per heavy atom. The van der Waals surface area contributed by atoms with E-state index >= 15 is 0 Å². The minimum absolute atomic E-state index is 0.313. The van der Waals surface area contributed by atoms with Crippen LogP contribution >= 0.6 is 11.6 Å². The molecule has 0 aromatic heterocycles. The van der Waals surface area contributed by atoms with Crippen molar-refractivity contribution in [1.29, 1.82) is 0 Å². The fourth-order valence-corrected chi connectivity index (χ4v) is 0.784. The van der Waals surface area contributed by atoms with Gasteiger partial charge in [-0.1, -0.05) is 11.6 Å². The highest BCUT2D eigenvalue weighted by Gasteiger charge is 1.84. The molecule has 0 unspecified atom stereocenters. The highest BCUT2D eigenvalue weighted by molar-refractivity contribution is 6.30. The Bertz CT molecular complexity index is 322. The molecular weight excluding hydrogens is 216 g/mol. The molecule has 0 aliphatic carbocycles. The van der Waals surface area contributed by atoms with E-state index in [-0.39, 0.29) is 0 Å².